The van der Waals surface area contributed by atoms with Crippen LogP contribution in [0.4, 0.5) is 5.13 Å². The second-order valence-electron chi connectivity index (χ2n) is 9.04. The van der Waals surface area contributed by atoms with Gasteiger partial charge < -0.3 is 4.90 Å². The molecule has 2 saturated heterocycles. The quantitative estimate of drug-likeness (QED) is 0.535. The summed E-state index contributed by atoms with van der Waals surface area (Å²) in [6.45, 7) is 4.98. The second kappa shape index (κ2) is 7.57. The van der Waals surface area contributed by atoms with Crippen molar-refractivity contribution in [1.29, 1.82) is 0 Å². The first-order chi connectivity index (χ1) is 15.2. The zero-order valence-electron chi connectivity index (χ0n) is 17.4. The Balaban J connectivity index is 1.03. The lowest BCUT2D eigenvalue weighted by atomic mass is 9.85. The van der Waals surface area contributed by atoms with Gasteiger partial charge in [-0.3, -0.25) is 19.4 Å². The molecule has 0 unspecified atom stereocenters. The molecular weight excluding hydrogens is 408 g/mol. The Hall–Kier alpha value is -2.51. The maximum atomic E-state index is 12.9. The minimum Gasteiger partial charge on any atom is -0.346 e. The van der Waals surface area contributed by atoms with E-state index in [4.69, 9.17) is 4.98 Å². The molecule has 2 aliphatic heterocycles. The molecule has 160 valence electrons. The summed E-state index contributed by atoms with van der Waals surface area (Å²) in [5.41, 5.74) is 2.18. The van der Waals surface area contributed by atoms with E-state index in [0.29, 0.717) is 18.4 Å². The zero-order valence-corrected chi connectivity index (χ0v) is 18.2. The summed E-state index contributed by atoms with van der Waals surface area (Å²) in [5.74, 6) is 0.563. The molecule has 2 aliphatic carbocycles. The SMILES string of the molecule is O=C1[C@H]2[C@H](C(=O)N1CCN1CCN(c3nc(-c4ccccc4)cs3)CC1)[C@H]1C=C[C@H]2C1. The number of allylic oxidation sites excluding steroid dienone is 2. The highest BCUT2D eigenvalue weighted by molar-refractivity contribution is 7.14. The minimum atomic E-state index is -0.0805. The molecule has 2 bridgehead atoms. The largest absolute Gasteiger partial charge is 0.346 e. The van der Waals surface area contributed by atoms with E-state index >= 15 is 0 Å². The molecule has 0 N–H and O–H groups in total. The molecular formula is C24H26N4O2S. The summed E-state index contributed by atoms with van der Waals surface area (Å²) >= 11 is 1.69. The van der Waals surface area contributed by atoms with Gasteiger partial charge in [-0.15, -0.1) is 11.3 Å². The number of hydrogen-bond donors (Lipinski definition) is 0. The van der Waals surface area contributed by atoms with Crippen LogP contribution in [0.3, 0.4) is 0 Å². The molecule has 1 saturated carbocycles. The fraction of sp³-hybridized carbons (Fsp3) is 0.458. The Morgan fingerprint density at radius 3 is 2.26 bits per heavy atom. The molecule has 6 rings (SSSR count). The van der Waals surface area contributed by atoms with Crippen LogP contribution in [-0.4, -0.2) is 65.9 Å². The number of likely N-dealkylation sites (tertiary alicyclic amines) is 1. The van der Waals surface area contributed by atoms with Crippen molar-refractivity contribution in [2.75, 3.05) is 44.2 Å². The molecule has 7 heteroatoms. The number of amides is 2. The predicted molar refractivity (Wildman–Crippen MR) is 121 cm³/mol. The normalized spacial score (nSPS) is 29.9. The molecule has 2 amide bonds. The van der Waals surface area contributed by atoms with Crippen molar-refractivity contribution < 1.29 is 9.59 Å². The van der Waals surface area contributed by atoms with Gasteiger partial charge >= 0.3 is 0 Å². The summed E-state index contributed by atoms with van der Waals surface area (Å²) in [6, 6.07) is 10.3. The Labute approximate surface area is 186 Å². The maximum absolute atomic E-state index is 12.9. The highest BCUT2D eigenvalue weighted by Crippen LogP contribution is 2.52. The van der Waals surface area contributed by atoms with Gasteiger partial charge in [0.1, 0.15) is 0 Å². The van der Waals surface area contributed by atoms with Crippen LogP contribution in [0.5, 0.6) is 0 Å². The number of imide groups is 1. The number of anilines is 1. The van der Waals surface area contributed by atoms with E-state index in [1.165, 1.54) is 0 Å². The minimum absolute atomic E-state index is 0.0710. The molecule has 4 aliphatic rings. The van der Waals surface area contributed by atoms with Gasteiger partial charge in [0.25, 0.3) is 0 Å². The van der Waals surface area contributed by atoms with Gasteiger partial charge in [0, 0.05) is 50.2 Å². The van der Waals surface area contributed by atoms with Gasteiger partial charge in [0.15, 0.2) is 5.13 Å². The van der Waals surface area contributed by atoms with Gasteiger partial charge in [-0.2, -0.15) is 0 Å². The van der Waals surface area contributed by atoms with E-state index in [2.05, 4.69) is 39.5 Å². The number of aromatic nitrogens is 1. The predicted octanol–water partition coefficient (Wildman–Crippen LogP) is 2.74. The average Bonchev–Trinajstić information content (AvgIpc) is 3.59. The molecule has 1 aromatic heterocycles. The van der Waals surface area contributed by atoms with Crippen LogP contribution in [0.15, 0.2) is 47.9 Å². The topological polar surface area (TPSA) is 56.8 Å². The van der Waals surface area contributed by atoms with E-state index in [9.17, 15) is 9.59 Å². The smallest absolute Gasteiger partial charge is 0.233 e. The third-order valence-electron chi connectivity index (χ3n) is 7.41. The Morgan fingerprint density at radius 1 is 0.903 bits per heavy atom. The molecule has 0 spiro atoms. The van der Waals surface area contributed by atoms with Crippen molar-refractivity contribution in [1.82, 2.24) is 14.8 Å². The standard InChI is InChI=1S/C24H26N4O2S/c29-22-20-17-6-7-18(14-17)21(20)23(30)28(22)13-10-26-8-11-27(12-9-26)24-25-19(15-31-24)16-4-2-1-3-5-16/h1-7,15,17-18,20-21H,8-14H2/t17-,18-,20+,21+/m0/s1. The lowest BCUT2D eigenvalue weighted by Gasteiger charge is -2.35. The van der Waals surface area contributed by atoms with Crippen molar-refractivity contribution in [3.63, 3.8) is 0 Å². The fourth-order valence-electron chi connectivity index (χ4n) is 5.74. The molecule has 0 radical (unpaired) electrons. The van der Waals surface area contributed by atoms with Crippen molar-refractivity contribution >= 4 is 28.3 Å². The average molecular weight is 435 g/mol. The monoisotopic (exact) mass is 434 g/mol. The number of nitrogens with zero attached hydrogens (tertiary/aromatic N) is 4. The van der Waals surface area contributed by atoms with Crippen LogP contribution in [0.25, 0.3) is 11.3 Å². The van der Waals surface area contributed by atoms with Crippen molar-refractivity contribution in [2.24, 2.45) is 23.7 Å². The Bertz CT molecular complexity index is 997. The molecule has 3 fully saturated rings. The molecule has 31 heavy (non-hydrogen) atoms. The third kappa shape index (κ3) is 3.22. The van der Waals surface area contributed by atoms with Crippen LogP contribution >= 0.6 is 11.3 Å². The first kappa shape index (κ1) is 19.2. The molecule has 4 atom stereocenters. The van der Waals surface area contributed by atoms with Gasteiger partial charge in [-0.25, -0.2) is 4.98 Å². The zero-order chi connectivity index (χ0) is 20.9. The third-order valence-corrected chi connectivity index (χ3v) is 8.31. The van der Waals surface area contributed by atoms with Crippen molar-refractivity contribution in [3.05, 3.63) is 47.9 Å². The fourth-order valence-corrected chi connectivity index (χ4v) is 6.63. The van der Waals surface area contributed by atoms with E-state index < -0.39 is 0 Å². The summed E-state index contributed by atoms with van der Waals surface area (Å²) in [5, 5.41) is 3.19. The first-order valence-corrected chi connectivity index (χ1v) is 12.1. The summed E-state index contributed by atoms with van der Waals surface area (Å²) < 4.78 is 0. The lowest BCUT2D eigenvalue weighted by molar-refractivity contribution is -0.140. The van der Waals surface area contributed by atoms with Crippen LogP contribution in [-0.2, 0) is 9.59 Å². The summed E-state index contributed by atoms with van der Waals surface area (Å²) in [6.07, 6.45) is 5.30. The molecule has 1 aromatic carbocycles. The molecule has 6 nitrogen and oxygen atoms in total. The van der Waals surface area contributed by atoms with Crippen LogP contribution in [0, 0.1) is 23.7 Å². The number of carbonyl (C=O) groups excluding carboxylic acids is 2. The summed E-state index contributed by atoms with van der Waals surface area (Å²) in [7, 11) is 0. The number of hydrogen-bond acceptors (Lipinski definition) is 6. The van der Waals surface area contributed by atoms with E-state index in [1.54, 1.807) is 16.2 Å². The number of thiazole rings is 1. The van der Waals surface area contributed by atoms with E-state index in [0.717, 1.165) is 55.5 Å². The number of carbonyl (C=O) groups is 2. The van der Waals surface area contributed by atoms with Crippen molar-refractivity contribution in [3.8, 4) is 11.3 Å². The van der Waals surface area contributed by atoms with Gasteiger partial charge in [-0.1, -0.05) is 42.5 Å². The number of rotatable bonds is 5. The Kier molecular flexibility index (Phi) is 4.69. The second-order valence-corrected chi connectivity index (χ2v) is 9.87. The Morgan fingerprint density at radius 2 is 1.58 bits per heavy atom. The number of benzene rings is 1. The van der Waals surface area contributed by atoms with Gasteiger partial charge in [-0.05, 0) is 18.3 Å². The highest BCUT2D eigenvalue weighted by Gasteiger charge is 2.59. The lowest BCUT2D eigenvalue weighted by Crippen LogP contribution is -2.49. The van der Waals surface area contributed by atoms with E-state index in [-0.39, 0.29) is 23.7 Å². The van der Waals surface area contributed by atoms with Crippen LogP contribution < -0.4 is 4.90 Å². The van der Waals surface area contributed by atoms with Crippen molar-refractivity contribution in [2.45, 2.75) is 6.42 Å². The van der Waals surface area contributed by atoms with Gasteiger partial charge in [0.05, 0.1) is 17.5 Å². The van der Waals surface area contributed by atoms with E-state index in [1.807, 2.05) is 18.2 Å². The molecule has 2 aromatic rings. The highest BCUT2D eigenvalue weighted by atomic mass is 32.1. The summed E-state index contributed by atoms with van der Waals surface area (Å²) in [4.78, 5) is 36.8. The van der Waals surface area contributed by atoms with Crippen LogP contribution in [0.1, 0.15) is 6.42 Å². The van der Waals surface area contributed by atoms with Crippen LogP contribution in [0.2, 0.25) is 0 Å². The maximum Gasteiger partial charge on any atom is 0.233 e. The molecule has 3 heterocycles. The van der Waals surface area contributed by atoms with Gasteiger partial charge in [0.2, 0.25) is 11.8 Å². The number of piperazine rings is 1. The first-order valence-electron chi connectivity index (χ1n) is 11.2. The number of fused-ring (bicyclic) bond motifs is 5.